The molecule has 2 heterocycles. The van der Waals surface area contributed by atoms with Crippen molar-refractivity contribution in [3.63, 3.8) is 0 Å². The molecule has 1 aliphatic rings. The monoisotopic (exact) mass is 196 g/mol. The van der Waals surface area contributed by atoms with Crippen LogP contribution in [0.4, 0.5) is 0 Å². The van der Waals surface area contributed by atoms with Gasteiger partial charge >= 0.3 is 0 Å². The van der Waals surface area contributed by atoms with Crippen molar-refractivity contribution in [2.24, 2.45) is 0 Å². The Hall–Kier alpha value is -0.940. The number of hydrogen-bond acceptors (Lipinski definition) is 4. The molecule has 1 aromatic rings. The van der Waals surface area contributed by atoms with Gasteiger partial charge in [-0.2, -0.15) is 0 Å². The van der Waals surface area contributed by atoms with Crippen LogP contribution < -0.4 is 5.32 Å². The van der Waals surface area contributed by atoms with Gasteiger partial charge in [-0.1, -0.05) is 0 Å². The second kappa shape index (κ2) is 4.06. The van der Waals surface area contributed by atoms with Crippen molar-refractivity contribution in [3.8, 4) is 0 Å². The summed E-state index contributed by atoms with van der Waals surface area (Å²) in [6.45, 7) is 4.51. The van der Waals surface area contributed by atoms with E-state index in [0.717, 1.165) is 25.6 Å². The van der Waals surface area contributed by atoms with E-state index < -0.39 is 0 Å². The number of hydrogen-bond donors (Lipinski definition) is 1. The Bertz CT molecular complexity index is 299. The Labute approximate surface area is 83.5 Å². The van der Waals surface area contributed by atoms with Crippen LogP contribution in [0.2, 0.25) is 0 Å². The Morgan fingerprint density at radius 1 is 1.64 bits per heavy atom. The molecule has 2 rings (SSSR count). The minimum absolute atomic E-state index is 0.336. The maximum absolute atomic E-state index is 5.44. The Kier molecular flexibility index (Phi) is 2.79. The Morgan fingerprint density at radius 2 is 2.50 bits per heavy atom. The van der Waals surface area contributed by atoms with E-state index >= 15 is 0 Å². The first-order valence-corrected chi connectivity index (χ1v) is 4.99. The van der Waals surface area contributed by atoms with Crippen molar-refractivity contribution in [3.05, 3.63) is 12.2 Å². The largest absolute Gasteiger partial charge is 0.379 e. The highest BCUT2D eigenvalue weighted by Crippen LogP contribution is 2.23. The minimum atomic E-state index is 0.336. The second-order valence-corrected chi connectivity index (χ2v) is 3.51. The van der Waals surface area contributed by atoms with E-state index in [2.05, 4.69) is 27.0 Å². The average molecular weight is 196 g/mol. The molecule has 2 atom stereocenters. The molecule has 14 heavy (non-hydrogen) atoms. The van der Waals surface area contributed by atoms with Crippen LogP contribution in [0.5, 0.6) is 0 Å². The highest BCUT2D eigenvalue weighted by molar-refractivity contribution is 5.04. The maximum Gasteiger partial charge on any atom is 0.139 e. The van der Waals surface area contributed by atoms with Crippen molar-refractivity contribution >= 4 is 0 Å². The van der Waals surface area contributed by atoms with Crippen LogP contribution in [-0.2, 0) is 11.3 Å². The molecule has 1 fully saturated rings. The predicted molar refractivity (Wildman–Crippen MR) is 52.1 cm³/mol. The van der Waals surface area contributed by atoms with Crippen LogP contribution in [0.15, 0.2) is 6.33 Å². The molecule has 0 radical (unpaired) electrons. The molecule has 2 unspecified atom stereocenters. The van der Waals surface area contributed by atoms with Gasteiger partial charge in [-0.05, 0) is 14.0 Å². The van der Waals surface area contributed by atoms with Gasteiger partial charge in [0.2, 0.25) is 0 Å². The quantitative estimate of drug-likeness (QED) is 0.739. The summed E-state index contributed by atoms with van der Waals surface area (Å²) in [6, 6.07) is 0.365. The summed E-state index contributed by atoms with van der Waals surface area (Å²) >= 11 is 0. The smallest absolute Gasteiger partial charge is 0.139 e. The fraction of sp³-hybridized carbons (Fsp3) is 0.778. The summed E-state index contributed by atoms with van der Waals surface area (Å²) in [5.74, 6) is 1.37. The van der Waals surface area contributed by atoms with E-state index in [1.807, 2.05) is 7.05 Å². The Balaban J connectivity index is 2.21. The van der Waals surface area contributed by atoms with E-state index in [9.17, 15) is 0 Å². The topological polar surface area (TPSA) is 52.0 Å². The lowest BCUT2D eigenvalue weighted by molar-refractivity contribution is 0.187. The number of nitrogens with zero attached hydrogens (tertiary/aromatic N) is 3. The third-order valence-corrected chi connectivity index (χ3v) is 2.77. The number of aromatic nitrogens is 3. The third kappa shape index (κ3) is 1.53. The molecule has 0 saturated carbocycles. The minimum Gasteiger partial charge on any atom is -0.379 e. The predicted octanol–water partition coefficient (Wildman–Crippen LogP) is -0.000200. The lowest BCUT2D eigenvalue weighted by atomic mass is 10.0. The van der Waals surface area contributed by atoms with Gasteiger partial charge in [-0.3, -0.25) is 0 Å². The number of nitrogens with one attached hydrogen (secondary N) is 1. The van der Waals surface area contributed by atoms with Gasteiger partial charge in [0.05, 0.1) is 19.1 Å². The molecule has 1 aliphatic heterocycles. The van der Waals surface area contributed by atoms with Gasteiger partial charge in [-0.25, -0.2) is 0 Å². The van der Waals surface area contributed by atoms with Gasteiger partial charge in [0.15, 0.2) is 0 Å². The number of likely N-dealkylation sites (N-methyl/N-ethyl adjacent to an activating group) is 1. The zero-order chi connectivity index (χ0) is 9.97. The van der Waals surface area contributed by atoms with Crippen molar-refractivity contribution in [2.45, 2.75) is 25.4 Å². The van der Waals surface area contributed by atoms with Gasteiger partial charge in [0.25, 0.3) is 0 Å². The fourth-order valence-corrected chi connectivity index (χ4v) is 1.89. The first kappa shape index (κ1) is 9.61. The van der Waals surface area contributed by atoms with Crippen LogP contribution >= 0.6 is 0 Å². The molecule has 0 bridgehead atoms. The first-order valence-electron chi connectivity index (χ1n) is 4.99. The fourth-order valence-electron chi connectivity index (χ4n) is 1.89. The summed E-state index contributed by atoms with van der Waals surface area (Å²) in [7, 11) is 1.96. The third-order valence-electron chi connectivity index (χ3n) is 2.77. The average Bonchev–Trinajstić information content (AvgIpc) is 2.85. The van der Waals surface area contributed by atoms with Crippen molar-refractivity contribution in [1.82, 2.24) is 20.1 Å². The molecule has 0 aromatic carbocycles. The summed E-state index contributed by atoms with van der Waals surface area (Å²) in [4.78, 5) is 0. The molecule has 78 valence electrons. The maximum atomic E-state index is 5.44. The number of aryl methyl sites for hydroxylation is 1. The van der Waals surface area contributed by atoms with Gasteiger partial charge in [-0.15, -0.1) is 10.2 Å². The molecule has 1 saturated heterocycles. The summed E-state index contributed by atoms with van der Waals surface area (Å²) in [5.41, 5.74) is 0. The lowest BCUT2D eigenvalue weighted by Gasteiger charge is -2.16. The zero-order valence-corrected chi connectivity index (χ0v) is 8.60. The normalized spacial score (nSPS) is 27.0. The van der Waals surface area contributed by atoms with Gasteiger partial charge in [0, 0.05) is 12.6 Å². The van der Waals surface area contributed by atoms with E-state index in [-0.39, 0.29) is 0 Å². The molecule has 1 aromatic heterocycles. The molecular weight excluding hydrogens is 180 g/mol. The van der Waals surface area contributed by atoms with Crippen LogP contribution in [0.1, 0.15) is 18.7 Å². The van der Waals surface area contributed by atoms with E-state index in [4.69, 9.17) is 4.74 Å². The molecular formula is C9H16N4O. The summed E-state index contributed by atoms with van der Waals surface area (Å²) < 4.78 is 7.51. The Morgan fingerprint density at radius 3 is 3.21 bits per heavy atom. The van der Waals surface area contributed by atoms with Gasteiger partial charge in [0.1, 0.15) is 12.2 Å². The van der Waals surface area contributed by atoms with Gasteiger partial charge < -0.3 is 14.6 Å². The molecule has 0 amide bonds. The summed E-state index contributed by atoms with van der Waals surface area (Å²) in [5, 5.41) is 11.3. The molecule has 5 heteroatoms. The first-order chi connectivity index (χ1) is 6.86. The van der Waals surface area contributed by atoms with Crippen LogP contribution in [0.3, 0.4) is 0 Å². The van der Waals surface area contributed by atoms with Crippen molar-refractivity contribution in [1.29, 1.82) is 0 Å². The standard InChI is InChI=1S/C9H16N4O/c1-3-13-6-11-12-9(13)7-4-14-5-8(7)10-2/h6-8,10H,3-5H2,1-2H3. The van der Waals surface area contributed by atoms with Crippen LogP contribution in [0, 0.1) is 0 Å². The number of ether oxygens (including phenoxy) is 1. The van der Waals surface area contributed by atoms with Crippen molar-refractivity contribution in [2.75, 3.05) is 20.3 Å². The summed E-state index contributed by atoms with van der Waals surface area (Å²) in [6.07, 6.45) is 1.78. The van der Waals surface area contributed by atoms with E-state index in [0.29, 0.717) is 12.0 Å². The zero-order valence-electron chi connectivity index (χ0n) is 8.60. The van der Waals surface area contributed by atoms with E-state index in [1.54, 1.807) is 6.33 Å². The van der Waals surface area contributed by atoms with Crippen molar-refractivity contribution < 1.29 is 4.74 Å². The van der Waals surface area contributed by atoms with E-state index in [1.165, 1.54) is 0 Å². The second-order valence-electron chi connectivity index (χ2n) is 3.51. The highest BCUT2D eigenvalue weighted by Gasteiger charge is 2.31. The lowest BCUT2D eigenvalue weighted by Crippen LogP contribution is -2.32. The molecule has 0 spiro atoms. The highest BCUT2D eigenvalue weighted by atomic mass is 16.5. The van der Waals surface area contributed by atoms with Crippen LogP contribution in [0.25, 0.3) is 0 Å². The number of rotatable bonds is 3. The molecule has 5 nitrogen and oxygen atoms in total. The molecule has 0 aliphatic carbocycles. The molecule has 1 N–H and O–H groups in total. The van der Waals surface area contributed by atoms with Crippen LogP contribution in [-0.4, -0.2) is 41.1 Å². The SMILES string of the molecule is CCn1cnnc1C1COCC1NC.